The fourth-order valence-corrected chi connectivity index (χ4v) is 5.07. The topological polar surface area (TPSA) is 127 Å². The van der Waals surface area contributed by atoms with E-state index in [0.717, 1.165) is 17.7 Å². The van der Waals surface area contributed by atoms with Crippen molar-refractivity contribution in [2.24, 2.45) is 0 Å². The Bertz CT molecular complexity index is 1620. The highest BCUT2D eigenvalue weighted by atomic mass is 32.2. The normalized spacial score (nSPS) is 11.7. The number of rotatable bonds is 13. The number of sulfonamides is 1. The molecule has 224 valence electrons. The zero-order valence-electron chi connectivity index (χ0n) is 23.6. The first-order chi connectivity index (χ1) is 20.6. The van der Waals surface area contributed by atoms with Gasteiger partial charge in [0.1, 0.15) is 23.4 Å². The molecule has 4 aromatic rings. The highest BCUT2D eigenvalue weighted by Crippen LogP contribution is 2.20. The zero-order chi connectivity index (χ0) is 30.8. The van der Waals surface area contributed by atoms with Crippen molar-refractivity contribution in [3.63, 3.8) is 0 Å². The van der Waals surface area contributed by atoms with Gasteiger partial charge in [0.15, 0.2) is 6.61 Å². The van der Waals surface area contributed by atoms with Crippen LogP contribution in [0.1, 0.15) is 18.2 Å². The Morgan fingerprint density at radius 2 is 1.60 bits per heavy atom. The summed E-state index contributed by atoms with van der Waals surface area (Å²) in [6.07, 6.45) is 1.63. The number of methoxy groups -OCH3 is 1. The summed E-state index contributed by atoms with van der Waals surface area (Å²) in [4.78, 5) is 32.0. The molecular formula is C31H31FN4O6S. The highest BCUT2D eigenvalue weighted by molar-refractivity contribution is 7.92. The van der Waals surface area contributed by atoms with Crippen LogP contribution in [0.25, 0.3) is 0 Å². The molecule has 0 unspecified atom stereocenters. The molecule has 2 amide bonds. The lowest BCUT2D eigenvalue weighted by Crippen LogP contribution is -2.48. The minimum Gasteiger partial charge on any atom is -0.497 e. The van der Waals surface area contributed by atoms with Gasteiger partial charge in [0.05, 0.1) is 24.2 Å². The second kappa shape index (κ2) is 14.3. The fourth-order valence-electron chi connectivity index (χ4n) is 4.01. The molecule has 0 aliphatic carbocycles. The van der Waals surface area contributed by atoms with E-state index in [-0.39, 0.29) is 35.3 Å². The molecule has 0 bridgehead atoms. The number of anilines is 1. The molecule has 1 atom stereocenters. The Morgan fingerprint density at radius 1 is 0.930 bits per heavy atom. The summed E-state index contributed by atoms with van der Waals surface area (Å²) in [5.41, 5.74) is 1.67. The number of benzene rings is 3. The van der Waals surface area contributed by atoms with E-state index in [0.29, 0.717) is 11.4 Å². The summed E-state index contributed by atoms with van der Waals surface area (Å²) in [7, 11) is -2.38. The minimum atomic E-state index is -3.93. The van der Waals surface area contributed by atoms with Gasteiger partial charge in [0.25, 0.3) is 15.9 Å². The molecule has 10 nitrogen and oxygen atoms in total. The number of pyridine rings is 1. The number of amides is 2. The molecule has 1 aromatic heterocycles. The molecule has 0 saturated heterocycles. The number of hydrogen-bond acceptors (Lipinski definition) is 7. The Kier molecular flexibility index (Phi) is 10.3. The van der Waals surface area contributed by atoms with Crippen LogP contribution in [0.15, 0.2) is 102 Å². The van der Waals surface area contributed by atoms with E-state index in [4.69, 9.17) is 9.47 Å². The summed E-state index contributed by atoms with van der Waals surface area (Å²) in [5.74, 6) is -0.391. The minimum absolute atomic E-state index is 0.0465. The van der Waals surface area contributed by atoms with Gasteiger partial charge >= 0.3 is 0 Å². The molecule has 0 spiro atoms. The second-order valence-electron chi connectivity index (χ2n) is 9.46. The molecule has 1 heterocycles. The lowest BCUT2D eigenvalue weighted by Gasteiger charge is -2.28. The van der Waals surface area contributed by atoms with Gasteiger partial charge in [-0.15, -0.1) is 0 Å². The van der Waals surface area contributed by atoms with Gasteiger partial charge < -0.3 is 19.7 Å². The maximum Gasteiger partial charge on any atom is 0.261 e. The molecule has 0 saturated carbocycles. The number of ether oxygens (including phenoxy) is 2. The van der Waals surface area contributed by atoms with Crippen LogP contribution < -0.4 is 19.5 Å². The van der Waals surface area contributed by atoms with Crippen LogP contribution in [0.3, 0.4) is 0 Å². The summed E-state index contributed by atoms with van der Waals surface area (Å²) in [5, 5.41) is 2.81. The number of hydrogen-bond donors (Lipinski definition) is 2. The molecule has 0 aliphatic rings. The van der Waals surface area contributed by atoms with E-state index in [1.165, 1.54) is 41.3 Å². The van der Waals surface area contributed by atoms with Gasteiger partial charge in [-0.25, -0.2) is 12.8 Å². The first-order valence-corrected chi connectivity index (χ1v) is 14.7. The van der Waals surface area contributed by atoms with Crippen LogP contribution in [-0.2, 0) is 32.7 Å². The predicted molar refractivity (Wildman–Crippen MR) is 158 cm³/mol. The van der Waals surface area contributed by atoms with Crippen molar-refractivity contribution in [2.75, 3.05) is 18.4 Å². The van der Waals surface area contributed by atoms with Crippen molar-refractivity contribution in [1.29, 1.82) is 0 Å². The van der Waals surface area contributed by atoms with E-state index >= 15 is 0 Å². The fraction of sp³-hybridized carbons (Fsp3) is 0.194. The van der Waals surface area contributed by atoms with Crippen molar-refractivity contribution >= 4 is 27.5 Å². The van der Waals surface area contributed by atoms with Crippen LogP contribution in [-0.4, -0.2) is 49.9 Å². The Morgan fingerprint density at radius 3 is 2.23 bits per heavy atom. The van der Waals surface area contributed by atoms with E-state index in [1.54, 1.807) is 56.6 Å². The standard InChI is InChI=1S/C31H31FN4O6S/c1-22(31(38)34-19-26-5-3-4-18-33-26)36(20-23-6-12-27(41-2)13-7-23)30(37)21-42-28-14-16-29(17-15-28)43(39,40)35-25-10-8-24(32)9-11-25/h3-18,22,35H,19-21H2,1-2H3,(H,34,38)/t22-/m0/s1. The SMILES string of the molecule is COc1ccc(CN(C(=O)COc2ccc(S(=O)(=O)Nc3ccc(F)cc3)cc2)[C@@H](C)C(=O)NCc2ccccn2)cc1. The van der Waals surface area contributed by atoms with Gasteiger partial charge in [-0.2, -0.15) is 0 Å². The summed E-state index contributed by atoms with van der Waals surface area (Å²) in [6.45, 7) is 1.57. The molecule has 0 fully saturated rings. The third-order valence-electron chi connectivity index (χ3n) is 6.44. The largest absolute Gasteiger partial charge is 0.497 e. The van der Waals surface area contributed by atoms with Crippen LogP contribution in [0.4, 0.5) is 10.1 Å². The van der Waals surface area contributed by atoms with Crippen LogP contribution >= 0.6 is 0 Å². The lowest BCUT2D eigenvalue weighted by atomic mass is 10.1. The quantitative estimate of drug-likeness (QED) is 0.234. The van der Waals surface area contributed by atoms with E-state index < -0.39 is 34.4 Å². The average molecular weight is 607 g/mol. The third-order valence-corrected chi connectivity index (χ3v) is 7.84. The van der Waals surface area contributed by atoms with Crippen molar-refractivity contribution in [3.05, 3.63) is 114 Å². The number of carbonyl (C=O) groups excluding carboxylic acids is 2. The zero-order valence-corrected chi connectivity index (χ0v) is 24.4. The number of nitrogens with zero attached hydrogens (tertiary/aromatic N) is 2. The van der Waals surface area contributed by atoms with Crippen molar-refractivity contribution in [3.8, 4) is 11.5 Å². The first-order valence-electron chi connectivity index (χ1n) is 13.3. The van der Waals surface area contributed by atoms with E-state index in [9.17, 15) is 22.4 Å². The number of nitrogens with one attached hydrogen (secondary N) is 2. The second-order valence-corrected chi connectivity index (χ2v) is 11.1. The van der Waals surface area contributed by atoms with Gasteiger partial charge in [-0.05, 0) is 85.3 Å². The van der Waals surface area contributed by atoms with Crippen LogP contribution in [0.2, 0.25) is 0 Å². The van der Waals surface area contributed by atoms with Gasteiger partial charge in [-0.3, -0.25) is 19.3 Å². The van der Waals surface area contributed by atoms with Crippen LogP contribution in [0, 0.1) is 5.82 Å². The van der Waals surface area contributed by atoms with Gasteiger partial charge in [0.2, 0.25) is 5.91 Å². The Labute approximate surface area is 249 Å². The molecule has 3 aromatic carbocycles. The predicted octanol–water partition coefficient (Wildman–Crippen LogP) is 4.14. The van der Waals surface area contributed by atoms with Crippen molar-refractivity contribution in [1.82, 2.24) is 15.2 Å². The highest BCUT2D eigenvalue weighted by Gasteiger charge is 2.27. The molecule has 0 radical (unpaired) electrons. The number of aromatic nitrogens is 1. The summed E-state index contributed by atoms with van der Waals surface area (Å²) in [6, 6.07) is 22.1. The number of halogens is 1. The van der Waals surface area contributed by atoms with Gasteiger partial charge in [-0.1, -0.05) is 18.2 Å². The maximum atomic E-state index is 13.4. The molecule has 2 N–H and O–H groups in total. The maximum absolute atomic E-state index is 13.4. The first kappa shape index (κ1) is 31.0. The van der Waals surface area contributed by atoms with Gasteiger partial charge in [0, 0.05) is 18.4 Å². The Hall–Kier alpha value is -4.97. The smallest absolute Gasteiger partial charge is 0.261 e. The van der Waals surface area contributed by atoms with Crippen molar-refractivity contribution < 1.29 is 31.9 Å². The monoisotopic (exact) mass is 606 g/mol. The lowest BCUT2D eigenvalue weighted by molar-refractivity contribution is -0.142. The molecule has 43 heavy (non-hydrogen) atoms. The third kappa shape index (κ3) is 8.76. The molecular weight excluding hydrogens is 575 g/mol. The molecule has 12 heteroatoms. The van der Waals surface area contributed by atoms with E-state index in [2.05, 4.69) is 15.0 Å². The van der Waals surface area contributed by atoms with Crippen molar-refractivity contribution in [2.45, 2.75) is 31.0 Å². The summed E-state index contributed by atoms with van der Waals surface area (Å²) < 4.78 is 51.8. The Balaban J connectivity index is 1.42. The summed E-state index contributed by atoms with van der Waals surface area (Å²) >= 11 is 0. The van der Waals surface area contributed by atoms with Crippen LogP contribution in [0.5, 0.6) is 11.5 Å². The molecule has 0 aliphatic heterocycles. The molecule has 4 rings (SSSR count). The number of carbonyl (C=O) groups is 2. The average Bonchev–Trinajstić information content (AvgIpc) is 3.03. The van der Waals surface area contributed by atoms with E-state index in [1.807, 2.05) is 6.07 Å².